The van der Waals surface area contributed by atoms with E-state index in [1.165, 1.54) is 23.5 Å². The molecule has 0 saturated carbocycles. The molecule has 110 valence electrons. The summed E-state index contributed by atoms with van der Waals surface area (Å²) in [4.78, 5) is 22.2. The van der Waals surface area contributed by atoms with Crippen LogP contribution in [0.15, 0.2) is 36.4 Å². The molecule has 21 heavy (non-hydrogen) atoms. The van der Waals surface area contributed by atoms with Crippen LogP contribution in [-0.2, 0) is 13.0 Å². The molecule has 0 radical (unpaired) electrons. The van der Waals surface area contributed by atoms with Crippen LogP contribution in [0.3, 0.4) is 0 Å². The first-order chi connectivity index (χ1) is 10.1. The van der Waals surface area contributed by atoms with Gasteiger partial charge in [0, 0.05) is 23.6 Å². The van der Waals surface area contributed by atoms with E-state index in [1.54, 1.807) is 24.3 Å². The second kappa shape index (κ2) is 6.96. The van der Waals surface area contributed by atoms with E-state index in [9.17, 15) is 14.9 Å². The Hall–Kier alpha value is -2.25. The van der Waals surface area contributed by atoms with Crippen LogP contribution < -0.4 is 5.32 Å². The number of thiophene rings is 1. The minimum atomic E-state index is -0.905. The van der Waals surface area contributed by atoms with Crippen molar-refractivity contribution < 1.29 is 14.8 Å². The number of carbonyl (C=O) groups is 1. The predicted molar refractivity (Wildman–Crippen MR) is 79.8 cm³/mol. The molecule has 0 amide bonds. The largest absolute Gasteiger partial charge is 0.477 e. The van der Waals surface area contributed by atoms with Crippen LogP contribution in [0.4, 0.5) is 5.69 Å². The molecule has 1 aromatic carbocycles. The Morgan fingerprint density at radius 2 is 1.95 bits per heavy atom. The number of rotatable bonds is 7. The van der Waals surface area contributed by atoms with Crippen molar-refractivity contribution in [2.24, 2.45) is 0 Å². The normalized spacial score (nSPS) is 10.5. The molecule has 0 bridgehead atoms. The van der Waals surface area contributed by atoms with Gasteiger partial charge in [-0.05, 0) is 30.7 Å². The van der Waals surface area contributed by atoms with Crippen molar-refractivity contribution in [2.45, 2.75) is 13.0 Å². The molecule has 6 nitrogen and oxygen atoms in total. The maximum Gasteiger partial charge on any atom is 0.345 e. The van der Waals surface area contributed by atoms with Crippen LogP contribution in [-0.4, -0.2) is 22.5 Å². The van der Waals surface area contributed by atoms with Gasteiger partial charge in [-0.25, -0.2) is 4.79 Å². The molecule has 0 unspecified atom stereocenters. The van der Waals surface area contributed by atoms with Gasteiger partial charge in [-0.3, -0.25) is 10.1 Å². The Morgan fingerprint density at radius 1 is 1.24 bits per heavy atom. The molecule has 0 fully saturated rings. The SMILES string of the molecule is O=C(O)c1ccc(CNCCc2ccc([N+](=O)[O-])cc2)s1. The number of non-ortho nitro benzene ring substituents is 1. The summed E-state index contributed by atoms with van der Waals surface area (Å²) >= 11 is 1.26. The molecule has 0 saturated heterocycles. The van der Waals surface area contributed by atoms with Crippen molar-refractivity contribution in [3.8, 4) is 0 Å². The van der Waals surface area contributed by atoms with E-state index < -0.39 is 10.9 Å². The van der Waals surface area contributed by atoms with Gasteiger partial charge in [-0.1, -0.05) is 12.1 Å². The van der Waals surface area contributed by atoms with Crippen LogP contribution in [0.5, 0.6) is 0 Å². The molecule has 1 heterocycles. The molecule has 0 atom stereocenters. The Labute approximate surface area is 125 Å². The molecular formula is C14H14N2O4S. The summed E-state index contributed by atoms with van der Waals surface area (Å²) in [7, 11) is 0. The van der Waals surface area contributed by atoms with E-state index in [1.807, 2.05) is 0 Å². The van der Waals surface area contributed by atoms with Crippen LogP contribution in [0.25, 0.3) is 0 Å². The summed E-state index contributed by atoms with van der Waals surface area (Å²) in [5.74, 6) is -0.905. The minimum absolute atomic E-state index is 0.0893. The summed E-state index contributed by atoms with van der Waals surface area (Å²) < 4.78 is 0. The van der Waals surface area contributed by atoms with Crippen LogP contribution >= 0.6 is 11.3 Å². The van der Waals surface area contributed by atoms with Crippen molar-refractivity contribution in [2.75, 3.05) is 6.54 Å². The fourth-order valence-electron chi connectivity index (χ4n) is 1.82. The lowest BCUT2D eigenvalue weighted by atomic mass is 10.1. The molecular weight excluding hydrogens is 292 g/mol. The molecule has 0 aliphatic rings. The van der Waals surface area contributed by atoms with Gasteiger partial charge in [-0.15, -0.1) is 11.3 Å². The van der Waals surface area contributed by atoms with Crippen molar-refractivity contribution in [3.05, 3.63) is 61.8 Å². The molecule has 0 spiro atoms. The zero-order chi connectivity index (χ0) is 15.2. The Balaban J connectivity index is 1.76. The number of nitrogens with one attached hydrogen (secondary N) is 1. The second-order valence-corrected chi connectivity index (χ2v) is 5.59. The zero-order valence-electron chi connectivity index (χ0n) is 11.1. The smallest absolute Gasteiger partial charge is 0.345 e. The van der Waals surface area contributed by atoms with E-state index >= 15 is 0 Å². The van der Waals surface area contributed by atoms with Gasteiger partial charge in [0.25, 0.3) is 5.69 Å². The predicted octanol–water partition coefficient (Wildman–Crippen LogP) is 2.69. The van der Waals surface area contributed by atoms with E-state index in [0.717, 1.165) is 23.4 Å². The van der Waals surface area contributed by atoms with Crippen LogP contribution in [0, 0.1) is 10.1 Å². The fraction of sp³-hybridized carbons (Fsp3) is 0.214. The van der Waals surface area contributed by atoms with Gasteiger partial charge in [0.2, 0.25) is 0 Å². The van der Waals surface area contributed by atoms with Crippen molar-refractivity contribution in [1.82, 2.24) is 5.32 Å². The summed E-state index contributed by atoms with van der Waals surface area (Å²) in [6, 6.07) is 9.87. The molecule has 2 aromatic rings. The third-order valence-electron chi connectivity index (χ3n) is 2.91. The maximum atomic E-state index is 10.7. The molecule has 2 N–H and O–H groups in total. The Kier molecular flexibility index (Phi) is 5.02. The van der Waals surface area contributed by atoms with Gasteiger partial charge in [0.1, 0.15) is 4.88 Å². The number of carboxylic acids is 1. The number of nitro benzene ring substituents is 1. The minimum Gasteiger partial charge on any atom is -0.477 e. The molecule has 1 aromatic heterocycles. The number of carboxylic acid groups (broad SMARTS) is 1. The Bertz CT molecular complexity index is 637. The van der Waals surface area contributed by atoms with Crippen LogP contribution in [0.1, 0.15) is 20.1 Å². The van der Waals surface area contributed by atoms with Crippen molar-refractivity contribution in [3.63, 3.8) is 0 Å². The van der Waals surface area contributed by atoms with E-state index in [4.69, 9.17) is 5.11 Å². The summed E-state index contributed by atoms with van der Waals surface area (Å²) in [6.07, 6.45) is 0.759. The second-order valence-electron chi connectivity index (χ2n) is 4.42. The van der Waals surface area contributed by atoms with Gasteiger partial charge in [0.15, 0.2) is 0 Å². The summed E-state index contributed by atoms with van der Waals surface area (Å²) in [5.41, 5.74) is 1.11. The third kappa shape index (κ3) is 4.37. The number of aromatic carboxylic acids is 1. The number of hydrogen-bond donors (Lipinski definition) is 2. The van der Waals surface area contributed by atoms with Gasteiger partial charge in [-0.2, -0.15) is 0 Å². The van der Waals surface area contributed by atoms with Gasteiger partial charge >= 0.3 is 5.97 Å². The standard InChI is InChI=1S/C14H14N2O4S/c17-14(18)13-6-5-12(21-13)9-15-8-7-10-1-3-11(4-2-10)16(19)20/h1-6,15H,7-9H2,(H,17,18). The lowest BCUT2D eigenvalue weighted by molar-refractivity contribution is -0.384. The molecule has 0 aliphatic heterocycles. The Morgan fingerprint density at radius 3 is 2.52 bits per heavy atom. The van der Waals surface area contributed by atoms with Crippen LogP contribution in [0.2, 0.25) is 0 Å². The summed E-state index contributed by atoms with van der Waals surface area (Å²) in [6.45, 7) is 1.34. The molecule has 0 aliphatic carbocycles. The third-order valence-corrected chi connectivity index (χ3v) is 3.98. The highest BCUT2D eigenvalue weighted by atomic mass is 32.1. The lowest BCUT2D eigenvalue weighted by Gasteiger charge is -2.03. The average molecular weight is 306 g/mol. The number of nitrogens with zero attached hydrogens (tertiary/aromatic N) is 1. The maximum absolute atomic E-state index is 10.7. The number of nitro groups is 1. The quantitative estimate of drug-likeness (QED) is 0.466. The molecule has 7 heteroatoms. The van der Waals surface area contributed by atoms with E-state index in [-0.39, 0.29) is 5.69 Å². The highest BCUT2D eigenvalue weighted by Crippen LogP contribution is 2.16. The van der Waals surface area contributed by atoms with Gasteiger partial charge < -0.3 is 10.4 Å². The van der Waals surface area contributed by atoms with E-state index in [0.29, 0.717) is 11.4 Å². The highest BCUT2D eigenvalue weighted by molar-refractivity contribution is 7.13. The first-order valence-corrected chi connectivity index (χ1v) is 7.14. The monoisotopic (exact) mass is 306 g/mol. The van der Waals surface area contributed by atoms with E-state index in [2.05, 4.69) is 5.32 Å². The first kappa shape index (κ1) is 15.1. The zero-order valence-corrected chi connectivity index (χ0v) is 11.9. The summed E-state index contributed by atoms with van der Waals surface area (Å²) in [5, 5.41) is 22.6. The number of hydrogen-bond acceptors (Lipinski definition) is 5. The lowest BCUT2D eigenvalue weighted by Crippen LogP contribution is -2.15. The topological polar surface area (TPSA) is 92.5 Å². The molecule has 2 rings (SSSR count). The highest BCUT2D eigenvalue weighted by Gasteiger charge is 2.06. The number of benzene rings is 1. The van der Waals surface area contributed by atoms with Crippen molar-refractivity contribution >= 4 is 23.0 Å². The van der Waals surface area contributed by atoms with Gasteiger partial charge in [0.05, 0.1) is 4.92 Å². The fourth-order valence-corrected chi connectivity index (χ4v) is 2.63. The van der Waals surface area contributed by atoms with Crippen molar-refractivity contribution in [1.29, 1.82) is 0 Å². The first-order valence-electron chi connectivity index (χ1n) is 6.32. The average Bonchev–Trinajstić information content (AvgIpc) is 2.93.